The third-order valence-corrected chi connectivity index (χ3v) is 10.00. The number of piperidine rings is 1. The van der Waals surface area contributed by atoms with E-state index in [0.717, 1.165) is 50.9 Å². The summed E-state index contributed by atoms with van der Waals surface area (Å²) < 4.78 is 15.5. The first-order valence-electron chi connectivity index (χ1n) is 14.4. The van der Waals surface area contributed by atoms with Gasteiger partial charge in [-0.05, 0) is 76.9 Å². The van der Waals surface area contributed by atoms with Crippen LogP contribution in [0.4, 0.5) is 10.3 Å². The fourth-order valence-electron chi connectivity index (χ4n) is 7.96. The van der Waals surface area contributed by atoms with E-state index in [0.29, 0.717) is 36.5 Å². The first kappa shape index (κ1) is 25.2. The van der Waals surface area contributed by atoms with Crippen LogP contribution >= 0.6 is 0 Å². The maximum absolute atomic E-state index is 15.5. The Morgan fingerprint density at radius 1 is 1.06 bits per heavy atom. The summed E-state index contributed by atoms with van der Waals surface area (Å²) in [7, 11) is 2.16. The van der Waals surface area contributed by atoms with E-state index in [9.17, 15) is 4.79 Å². The summed E-state index contributed by atoms with van der Waals surface area (Å²) in [5.41, 5.74) is 0.855. The van der Waals surface area contributed by atoms with Gasteiger partial charge in [-0.2, -0.15) is 0 Å². The van der Waals surface area contributed by atoms with Crippen molar-refractivity contribution in [2.75, 3.05) is 25.5 Å². The maximum atomic E-state index is 15.5. The molecule has 2 aliphatic carbocycles. The van der Waals surface area contributed by atoms with E-state index in [1.54, 1.807) is 0 Å². The van der Waals surface area contributed by atoms with Gasteiger partial charge in [0.25, 0.3) is 0 Å². The number of halogens is 1. The van der Waals surface area contributed by atoms with Crippen molar-refractivity contribution >= 4 is 11.9 Å². The predicted molar refractivity (Wildman–Crippen MR) is 138 cm³/mol. The van der Waals surface area contributed by atoms with Crippen LogP contribution in [0.5, 0.6) is 0 Å². The Bertz CT molecular complexity index is 842. The predicted octanol–water partition coefficient (Wildman–Crippen LogP) is 5.39. The summed E-state index contributed by atoms with van der Waals surface area (Å²) in [6, 6.07) is -0.358. The topological polar surface area (TPSA) is 73.0 Å². The van der Waals surface area contributed by atoms with Gasteiger partial charge in [0.15, 0.2) is 0 Å². The largest absolute Gasteiger partial charge is 0.328 e. The number of nitrogens with one attached hydrogen (secondary N) is 3. The molecule has 5 rings (SSSR count). The molecule has 7 heteroatoms. The highest BCUT2D eigenvalue weighted by Crippen LogP contribution is 2.53. The number of hydrogen-bond donors (Lipinski definition) is 3. The lowest BCUT2D eigenvalue weighted by Crippen LogP contribution is -2.62. The van der Waals surface area contributed by atoms with Crippen molar-refractivity contribution < 1.29 is 9.18 Å². The Morgan fingerprint density at radius 3 is 2.46 bits per heavy atom. The summed E-state index contributed by atoms with van der Waals surface area (Å²) in [6.45, 7) is 4.48. The van der Waals surface area contributed by atoms with Crippen LogP contribution in [0.15, 0.2) is 6.20 Å². The lowest BCUT2D eigenvalue weighted by atomic mass is 9.59. The van der Waals surface area contributed by atoms with Gasteiger partial charge in [-0.15, -0.1) is 0 Å². The minimum atomic E-state index is -0.816. The minimum absolute atomic E-state index is 0.0643. The summed E-state index contributed by atoms with van der Waals surface area (Å²) >= 11 is 0. The molecule has 0 spiro atoms. The van der Waals surface area contributed by atoms with E-state index in [1.807, 2.05) is 6.20 Å². The first-order chi connectivity index (χ1) is 17.0. The second kappa shape index (κ2) is 10.9. The summed E-state index contributed by atoms with van der Waals surface area (Å²) in [4.78, 5) is 23.6. The molecule has 2 saturated carbocycles. The molecule has 0 bridgehead atoms. The Morgan fingerprint density at radius 2 is 1.74 bits per heavy atom. The van der Waals surface area contributed by atoms with Crippen molar-refractivity contribution in [1.29, 1.82) is 0 Å². The number of aromatic amines is 1. The number of anilines is 1. The highest BCUT2D eigenvalue weighted by atomic mass is 19.1. The van der Waals surface area contributed by atoms with Gasteiger partial charge in [-0.3, -0.25) is 15.4 Å². The van der Waals surface area contributed by atoms with Crippen molar-refractivity contribution in [3.8, 4) is 0 Å². The Labute approximate surface area is 210 Å². The van der Waals surface area contributed by atoms with Crippen LogP contribution in [0.25, 0.3) is 0 Å². The van der Waals surface area contributed by atoms with Gasteiger partial charge in [0.2, 0.25) is 11.9 Å². The number of imidazole rings is 1. The molecule has 4 aliphatic rings. The second-order valence-electron chi connectivity index (χ2n) is 12.1. The van der Waals surface area contributed by atoms with E-state index >= 15 is 4.39 Å². The average Bonchev–Trinajstić information content (AvgIpc) is 3.51. The molecule has 1 amide bonds. The van der Waals surface area contributed by atoms with Crippen molar-refractivity contribution in [3.05, 3.63) is 11.9 Å². The third-order valence-electron chi connectivity index (χ3n) is 10.00. The number of likely N-dealkylation sites (tertiary alicyclic amines) is 1. The average molecular weight is 488 g/mol. The van der Waals surface area contributed by atoms with Gasteiger partial charge >= 0.3 is 0 Å². The molecule has 5 atom stereocenters. The van der Waals surface area contributed by atoms with Gasteiger partial charge in [0, 0.05) is 23.1 Å². The zero-order chi connectivity index (χ0) is 24.4. The Balaban J connectivity index is 1.30. The number of amides is 1. The zero-order valence-electron chi connectivity index (χ0n) is 21.8. The van der Waals surface area contributed by atoms with Crippen molar-refractivity contribution in [2.24, 2.45) is 17.8 Å². The fourth-order valence-corrected chi connectivity index (χ4v) is 7.96. The van der Waals surface area contributed by atoms with E-state index in [4.69, 9.17) is 0 Å². The van der Waals surface area contributed by atoms with Crippen molar-refractivity contribution in [2.45, 2.75) is 114 Å². The van der Waals surface area contributed by atoms with Crippen LogP contribution in [0.3, 0.4) is 0 Å². The standard InChI is InChI=1S/C28H46FN5O/c1-19-11-12-23(29)22-17-24(33-28(19,22)21-9-7-5-3-4-6-8-10-21)26(35)32-27-30-18-25(31-27)20-13-15-34(2)16-14-20/h18-24,33H,3-17H2,1-2H3,(H2,30,31,32,35). The summed E-state index contributed by atoms with van der Waals surface area (Å²) in [6.07, 6.45) is 15.4. The Hall–Kier alpha value is -1.47. The van der Waals surface area contributed by atoms with Crippen LogP contribution in [-0.2, 0) is 4.79 Å². The molecule has 4 fully saturated rings. The van der Waals surface area contributed by atoms with Crippen LogP contribution in [0, 0.1) is 17.8 Å². The molecule has 6 nitrogen and oxygen atoms in total. The third kappa shape index (κ3) is 5.18. The number of rotatable bonds is 4. The molecule has 1 aromatic rings. The van der Waals surface area contributed by atoms with Gasteiger partial charge in [-0.1, -0.05) is 45.4 Å². The van der Waals surface area contributed by atoms with Crippen LogP contribution in [0.2, 0.25) is 0 Å². The normalized spacial score (nSPS) is 36.2. The van der Waals surface area contributed by atoms with Crippen LogP contribution in [0.1, 0.15) is 102 Å². The highest BCUT2D eigenvalue weighted by Gasteiger charge is 2.59. The van der Waals surface area contributed by atoms with E-state index in [2.05, 4.69) is 39.5 Å². The zero-order valence-corrected chi connectivity index (χ0v) is 21.8. The lowest BCUT2D eigenvalue weighted by Gasteiger charge is -2.51. The number of fused-ring (bicyclic) bond motifs is 1. The summed E-state index contributed by atoms with van der Waals surface area (Å²) in [5, 5.41) is 6.86. The highest BCUT2D eigenvalue weighted by molar-refractivity contribution is 5.93. The molecule has 5 unspecified atom stereocenters. The maximum Gasteiger partial charge on any atom is 0.243 e. The van der Waals surface area contributed by atoms with Crippen molar-refractivity contribution in [3.63, 3.8) is 0 Å². The molecule has 0 aromatic carbocycles. The second-order valence-corrected chi connectivity index (χ2v) is 12.1. The number of aromatic nitrogens is 2. The molecule has 3 heterocycles. The first-order valence-corrected chi connectivity index (χ1v) is 14.4. The molecule has 1 aromatic heterocycles. The SMILES string of the molecule is CC1CCC(F)C2CC(C(=O)Nc3ncc(C4CCN(C)CC4)[nH]3)NC12C1CCCCCCCC1. The number of carbonyl (C=O) groups is 1. The molecule has 2 saturated heterocycles. The quantitative estimate of drug-likeness (QED) is 0.532. The van der Waals surface area contributed by atoms with Gasteiger partial charge in [0.1, 0.15) is 6.17 Å². The molecule has 0 radical (unpaired) electrons. The van der Waals surface area contributed by atoms with Gasteiger partial charge in [-0.25, -0.2) is 9.37 Å². The number of H-pyrrole nitrogens is 1. The van der Waals surface area contributed by atoms with E-state index in [-0.39, 0.29) is 23.4 Å². The molecule has 3 N–H and O–H groups in total. The lowest BCUT2D eigenvalue weighted by molar-refractivity contribution is -0.118. The minimum Gasteiger partial charge on any atom is -0.328 e. The molecular weight excluding hydrogens is 441 g/mol. The fraction of sp³-hybridized carbons (Fsp3) is 0.857. The molecule has 196 valence electrons. The van der Waals surface area contributed by atoms with Crippen molar-refractivity contribution in [1.82, 2.24) is 20.2 Å². The smallest absolute Gasteiger partial charge is 0.243 e. The number of nitrogens with zero attached hydrogens (tertiary/aromatic N) is 2. The van der Waals surface area contributed by atoms with E-state index < -0.39 is 6.17 Å². The van der Waals surface area contributed by atoms with Crippen LogP contribution in [-0.4, -0.2) is 58.7 Å². The van der Waals surface area contributed by atoms with Gasteiger partial charge in [0.05, 0.1) is 12.2 Å². The van der Waals surface area contributed by atoms with Gasteiger partial charge < -0.3 is 9.88 Å². The molecule has 2 aliphatic heterocycles. The molecule has 35 heavy (non-hydrogen) atoms. The van der Waals surface area contributed by atoms with E-state index in [1.165, 1.54) is 38.5 Å². The number of alkyl halides is 1. The monoisotopic (exact) mass is 487 g/mol. The Kier molecular flexibility index (Phi) is 7.83. The van der Waals surface area contributed by atoms with Crippen LogP contribution < -0.4 is 10.6 Å². The summed E-state index contributed by atoms with van der Waals surface area (Å²) in [5.74, 6) is 1.71. The number of carbonyl (C=O) groups excluding carboxylic acids is 1. The number of hydrogen-bond acceptors (Lipinski definition) is 4. The molecular formula is C28H46FN5O.